The number of rotatable bonds is 6. The fourth-order valence-electron chi connectivity index (χ4n) is 3.29. The van der Waals surface area contributed by atoms with Crippen LogP contribution in [0, 0.1) is 17.6 Å². The number of carboxylic acid groups (broad SMARTS) is 1. The Hall–Kier alpha value is -2.76. The van der Waals surface area contributed by atoms with E-state index < -0.39 is 41.4 Å². The zero-order chi connectivity index (χ0) is 18.8. The lowest BCUT2D eigenvalue weighted by Gasteiger charge is -2.25. The number of carbonyl (C=O) groups excluding carboxylic acids is 1. The van der Waals surface area contributed by atoms with Crippen LogP contribution in [0.15, 0.2) is 48.5 Å². The predicted octanol–water partition coefficient (Wildman–Crippen LogP) is 3.22. The molecule has 4 nitrogen and oxygen atoms in total. The Bertz CT molecular complexity index is 805. The minimum absolute atomic E-state index is 0.0887. The van der Waals surface area contributed by atoms with E-state index in [0.29, 0.717) is 6.42 Å². The molecule has 0 spiro atoms. The third-order valence-electron chi connectivity index (χ3n) is 4.85. The summed E-state index contributed by atoms with van der Waals surface area (Å²) in [5.74, 6) is -4.00. The fraction of sp³-hybridized carbons (Fsp3) is 0.300. The molecule has 136 valence electrons. The van der Waals surface area contributed by atoms with Gasteiger partial charge in [-0.25, -0.2) is 13.6 Å². The van der Waals surface area contributed by atoms with Gasteiger partial charge in [-0.3, -0.25) is 4.79 Å². The Morgan fingerprint density at radius 1 is 1.12 bits per heavy atom. The van der Waals surface area contributed by atoms with Crippen molar-refractivity contribution >= 4 is 11.9 Å². The zero-order valence-electron chi connectivity index (χ0n) is 14.2. The van der Waals surface area contributed by atoms with Crippen LogP contribution in [0.4, 0.5) is 8.78 Å². The van der Waals surface area contributed by atoms with Crippen molar-refractivity contribution in [1.29, 1.82) is 0 Å². The van der Waals surface area contributed by atoms with Crippen molar-refractivity contribution in [2.24, 2.45) is 5.92 Å². The number of nitrogens with zero attached hydrogens (tertiary/aromatic N) is 1. The van der Waals surface area contributed by atoms with Crippen LogP contribution in [0.5, 0.6) is 0 Å². The SMILES string of the molecule is CN(C(=O)C1CC1c1c(F)cccc1F)C(Cc1ccccc1)C(=O)O. The number of carbonyl (C=O) groups is 2. The quantitative estimate of drug-likeness (QED) is 0.862. The summed E-state index contributed by atoms with van der Waals surface area (Å²) in [7, 11) is 1.43. The van der Waals surface area contributed by atoms with Crippen molar-refractivity contribution in [3.8, 4) is 0 Å². The van der Waals surface area contributed by atoms with Gasteiger partial charge in [0.15, 0.2) is 0 Å². The molecular weight excluding hydrogens is 340 g/mol. The van der Waals surface area contributed by atoms with Crippen molar-refractivity contribution in [3.63, 3.8) is 0 Å². The Balaban J connectivity index is 1.73. The number of hydrogen-bond donors (Lipinski definition) is 1. The van der Waals surface area contributed by atoms with Gasteiger partial charge in [-0.05, 0) is 24.1 Å². The Kier molecular flexibility index (Phi) is 5.02. The number of benzene rings is 2. The van der Waals surface area contributed by atoms with Gasteiger partial charge in [0.05, 0.1) is 0 Å². The summed E-state index contributed by atoms with van der Waals surface area (Å²) in [4.78, 5) is 25.5. The molecule has 0 saturated heterocycles. The Labute approximate surface area is 150 Å². The highest BCUT2D eigenvalue weighted by molar-refractivity contribution is 5.87. The predicted molar refractivity (Wildman–Crippen MR) is 91.5 cm³/mol. The van der Waals surface area contributed by atoms with Crippen molar-refractivity contribution < 1.29 is 23.5 Å². The van der Waals surface area contributed by atoms with Crippen LogP contribution in [-0.4, -0.2) is 35.0 Å². The lowest BCUT2D eigenvalue weighted by molar-refractivity contribution is -0.149. The molecule has 3 atom stereocenters. The molecule has 1 N–H and O–H groups in total. The molecule has 6 heteroatoms. The van der Waals surface area contributed by atoms with E-state index in [1.807, 2.05) is 6.07 Å². The third kappa shape index (κ3) is 3.59. The Morgan fingerprint density at radius 2 is 1.73 bits per heavy atom. The molecule has 1 saturated carbocycles. The first kappa shape index (κ1) is 18.0. The second-order valence-corrected chi connectivity index (χ2v) is 6.58. The van der Waals surface area contributed by atoms with Gasteiger partial charge in [0.2, 0.25) is 5.91 Å². The summed E-state index contributed by atoms with van der Waals surface area (Å²) in [6, 6.07) is 11.6. The topological polar surface area (TPSA) is 57.6 Å². The first-order chi connectivity index (χ1) is 12.4. The normalized spacial score (nSPS) is 19.7. The molecule has 0 bridgehead atoms. The summed E-state index contributed by atoms with van der Waals surface area (Å²) < 4.78 is 27.8. The highest BCUT2D eigenvalue weighted by Gasteiger charge is 2.49. The average molecular weight is 359 g/mol. The summed E-state index contributed by atoms with van der Waals surface area (Å²) >= 11 is 0. The van der Waals surface area contributed by atoms with Crippen LogP contribution in [0.25, 0.3) is 0 Å². The third-order valence-corrected chi connectivity index (χ3v) is 4.85. The van der Waals surface area contributed by atoms with Crippen molar-refractivity contribution in [2.75, 3.05) is 7.05 Å². The highest BCUT2D eigenvalue weighted by Crippen LogP contribution is 2.50. The second kappa shape index (κ2) is 7.23. The fourth-order valence-corrected chi connectivity index (χ4v) is 3.29. The molecule has 26 heavy (non-hydrogen) atoms. The van der Waals surface area contributed by atoms with Crippen LogP contribution in [0.1, 0.15) is 23.5 Å². The molecule has 0 radical (unpaired) electrons. The molecule has 0 aromatic heterocycles. The number of amides is 1. The van der Waals surface area contributed by atoms with Crippen LogP contribution < -0.4 is 0 Å². The largest absolute Gasteiger partial charge is 0.480 e. The minimum atomic E-state index is -1.11. The van der Waals surface area contributed by atoms with Crippen molar-refractivity contribution in [2.45, 2.75) is 24.8 Å². The molecule has 1 aliphatic rings. The van der Waals surface area contributed by atoms with Gasteiger partial charge in [-0.2, -0.15) is 0 Å². The average Bonchev–Trinajstić information content (AvgIpc) is 3.39. The maximum Gasteiger partial charge on any atom is 0.326 e. The number of likely N-dealkylation sites (N-methyl/N-ethyl adjacent to an activating group) is 1. The van der Waals surface area contributed by atoms with E-state index in [-0.39, 0.29) is 12.0 Å². The van der Waals surface area contributed by atoms with E-state index >= 15 is 0 Å². The highest BCUT2D eigenvalue weighted by atomic mass is 19.1. The number of hydrogen-bond acceptors (Lipinski definition) is 2. The molecular formula is C20H19F2NO3. The van der Waals surface area contributed by atoms with E-state index in [9.17, 15) is 23.5 Å². The van der Waals surface area contributed by atoms with Crippen molar-refractivity contribution in [3.05, 3.63) is 71.3 Å². The van der Waals surface area contributed by atoms with Crippen molar-refractivity contribution in [1.82, 2.24) is 4.90 Å². The molecule has 1 aliphatic carbocycles. The lowest BCUT2D eigenvalue weighted by Crippen LogP contribution is -2.44. The van der Waals surface area contributed by atoms with E-state index in [4.69, 9.17) is 0 Å². The minimum Gasteiger partial charge on any atom is -0.480 e. The van der Waals surface area contributed by atoms with Gasteiger partial charge < -0.3 is 10.0 Å². The molecule has 0 heterocycles. The Morgan fingerprint density at radius 3 is 2.31 bits per heavy atom. The summed E-state index contributed by atoms with van der Waals surface area (Å²) in [6.07, 6.45) is 0.489. The van der Waals surface area contributed by atoms with E-state index in [1.165, 1.54) is 18.0 Å². The van der Waals surface area contributed by atoms with E-state index in [2.05, 4.69) is 0 Å². The number of aliphatic carboxylic acids is 1. The number of halogens is 2. The molecule has 3 rings (SSSR count). The van der Waals surface area contributed by atoms with Crippen LogP contribution in [0.3, 0.4) is 0 Å². The van der Waals surface area contributed by atoms with Gasteiger partial charge in [0, 0.05) is 30.9 Å². The van der Waals surface area contributed by atoms with Crippen LogP contribution >= 0.6 is 0 Å². The lowest BCUT2D eigenvalue weighted by atomic mass is 10.0. The van der Waals surface area contributed by atoms with Gasteiger partial charge in [-0.15, -0.1) is 0 Å². The van der Waals surface area contributed by atoms with Crippen LogP contribution in [-0.2, 0) is 16.0 Å². The van der Waals surface area contributed by atoms with E-state index in [1.54, 1.807) is 24.3 Å². The van der Waals surface area contributed by atoms with E-state index in [0.717, 1.165) is 17.7 Å². The molecule has 0 aliphatic heterocycles. The van der Waals surface area contributed by atoms with Gasteiger partial charge in [-0.1, -0.05) is 36.4 Å². The zero-order valence-corrected chi connectivity index (χ0v) is 14.2. The first-order valence-corrected chi connectivity index (χ1v) is 8.37. The standard InChI is InChI=1S/C20H19F2NO3/c1-23(17(20(25)26)10-12-6-3-2-4-7-12)19(24)14-11-13(14)18-15(21)8-5-9-16(18)22/h2-9,13-14,17H,10-11H2,1H3,(H,25,26). The molecule has 1 fully saturated rings. The van der Waals surface area contributed by atoms with Gasteiger partial charge in [0.25, 0.3) is 0 Å². The second-order valence-electron chi connectivity index (χ2n) is 6.58. The first-order valence-electron chi connectivity index (χ1n) is 8.37. The molecule has 3 unspecified atom stereocenters. The maximum absolute atomic E-state index is 13.9. The number of carboxylic acids is 1. The summed E-state index contributed by atoms with van der Waals surface area (Å²) in [5, 5.41) is 9.51. The van der Waals surface area contributed by atoms with Crippen LogP contribution in [0.2, 0.25) is 0 Å². The molecule has 2 aromatic carbocycles. The summed E-state index contributed by atoms with van der Waals surface area (Å²) in [6.45, 7) is 0. The van der Waals surface area contributed by atoms with Gasteiger partial charge in [0.1, 0.15) is 17.7 Å². The summed E-state index contributed by atoms with van der Waals surface area (Å²) in [5.41, 5.74) is 0.709. The molecule has 1 amide bonds. The molecule has 2 aromatic rings. The monoisotopic (exact) mass is 359 g/mol. The maximum atomic E-state index is 13.9. The smallest absolute Gasteiger partial charge is 0.326 e. The van der Waals surface area contributed by atoms with Gasteiger partial charge >= 0.3 is 5.97 Å².